The quantitative estimate of drug-likeness (QED) is 0.399. The van der Waals surface area contributed by atoms with Gasteiger partial charge in [-0.25, -0.2) is 8.78 Å². The smallest absolute Gasteiger partial charge is 0.256 e. The number of H-pyrrole nitrogens is 1. The van der Waals surface area contributed by atoms with E-state index in [9.17, 15) is 13.6 Å². The van der Waals surface area contributed by atoms with Gasteiger partial charge in [0, 0.05) is 48.9 Å². The Morgan fingerprint density at radius 3 is 2.22 bits per heavy atom. The van der Waals surface area contributed by atoms with Crippen LogP contribution in [0.3, 0.4) is 0 Å². The number of nitrogens with zero attached hydrogens (tertiary/aromatic N) is 3. The molecule has 192 valence electrons. The number of anilines is 2. The lowest BCUT2D eigenvalue weighted by Crippen LogP contribution is -2.44. The van der Waals surface area contributed by atoms with Gasteiger partial charge in [0.15, 0.2) is 29.0 Å². The number of methoxy groups -OCH3 is 2. The highest BCUT2D eigenvalue weighted by molar-refractivity contribution is 6.08. The van der Waals surface area contributed by atoms with Crippen molar-refractivity contribution in [2.75, 3.05) is 57.7 Å². The molecule has 0 aliphatic carbocycles. The van der Waals surface area contributed by atoms with Gasteiger partial charge >= 0.3 is 0 Å². The Bertz CT molecular complexity index is 1420. The van der Waals surface area contributed by atoms with Crippen LogP contribution in [0.4, 0.5) is 20.3 Å². The van der Waals surface area contributed by atoms with Crippen molar-refractivity contribution in [2.24, 2.45) is 0 Å². The van der Waals surface area contributed by atoms with Crippen LogP contribution in [0.5, 0.6) is 11.5 Å². The number of aromatic nitrogens is 2. The van der Waals surface area contributed by atoms with Crippen LogP contribution in [0, 0.1) is 11.6 Å². The summed E-state index contributed by atoms with van der Waals surface area (Å²) in [5.41, 5.74) is 2.06. The topological polar surface area (TPSA) is 82.7 Å². The number of ether oxygens (including phenoxy) is 2. The second-order valence-electron chi connectivity index (χ2n) is 8.91. The highest BCUT2D eigenvalue weighted by Crippen LogP contribution is 2.38. The summed E-state index contributed by atoms with van der Waals surface area (Å²) in [5, 5.41) is 10.4. The largest absolute Gasteiger partial charge is 0.494 e. The molecule has 1 fully saturated rings. The van der Waals surface area contributed by atoms with Gasteiger partial charge in [0.05, 0.1) is 25.3 Å². The molecule has 4 aromatic rings. The van der Waals surface area contributed by atoms with Crippen molar-refractivity contribution in [3.63, 3.8) is 0 Å². The molecule has 8 nitrogen and oxygen atoms in total. The third kappa shape index (κ3) is 4.67. The Morgan fingerprint density at radius 2 is 1.59 bits per heavy atom. The van der Waals surface area contributed by atoms with E-state index in [1.165, 1.54) is 14.2 Å². The van der Waals surface area contributed by atoms with Gasteiger partial charge in [0.2, 0.25) is 0 Å². The normalized spacial score (nSPS) is 14.1. The summed E-state index contributed by atoms with van der Waals surface area (Å²) in [6.07, 6.45) is 0. The molecule has 1 aliphatic heterocycles. The first-order valence-electron chi connectivity index (χ1n) is 11.8. The van der Waals surface area contributed by atoms with Crippen LogP contribution in [0.1, 0.15) is 10.4 Å². The number of carbonyl (C=O) groups is 1. The van der Waals surface area contributed by atoms with E-state index in [1.807, 2.05) is 12.1 Å². The van der Waals surface area contributed by atoms with Crippen molar-refractivity contribution in [1.82, 2.24) is 15.1 Å². The van der Waals surface area contributed by atoms with Gasteiger partial charge in [-0.05, 0) is 49.0 Å². The maximum absolute atomic E-state index is 15.0. The van der Waals surface area contributed by atoms with Crippen molar-refractivity contribution in [3.05, 3.63) is 65.7 Å². The molecular formula is C27H27F2N5O3. The maximum Gasteiger partial charge on any atom is 0.256 e. The highest BCUT2D eigenvalue weighted by atomic mass is 19.1. The lowest BCUT2D eigenvalue weighted by Gasteiger charge is -2.34. The Hall–Kier alpha value is -4.18. The van der Waals surface area contributed by atoms with Crippen LogP contribution in [0.25, 0.3) is 22.0 Å². The molecule has 37 heavy (non-hydrogen) atoms. The summed E-state index contributed by atoms with van der Waals surface area (Å²) in [5.74, 6) is -1.94. The van der Waals surface area contributed by atoms with Crippen molar-refractivity contribution in [3.8, 4) is 22.6 Å². The molecular weight excluding hydrogens is 480 g/mol. The van der Waals surface area contributed by atoms with Crippen molar-refractivity contribution in [1.29, 1.82) is 0 Å². The maximum atomic E-state index is 15.0. The number of aromatic amines is 1. The van der Waals surface area contributed by atoms with Crippen molar-refractivity contribution < 1.29 is 23.0 Å². The first-order valence-corrected chi connectivity index (χ1v) is 11.8. The van der Waals surface area contributed by atoms with Crippen LogP contribution in [0.15, 0.2) is 48.5 Å². The van der Waals surface area contributed by atoms with E-state index in [4.69, 9.17) is 9.47 Å². The number of piperazine rings is 1. The minimum atomic E-state index is -0.840. The summed E-state index contributed by atoms with van der Waals surface area (Å²) < 4.78 is 40.0. The second kappa shape index (κ2) is 10.1. The van der Waals surface area contributed by atoms with Gasteiger partial charge in [0.1, 0.15) is 0 Å². The lowest BCUT2D eigenvalue weighted by atomic mass is 10.0. The number of rotatable bonds is 6. The van der Waals surface area contributed by atoms with Crippen LogP contribution in [0.2, 0.25) is 0 Å². The molecule has 0 atom stereocenters. The first-order chi connectivity index (χ1) is 17.9. The zero-order chi connectivity index (χ0) is 26.1. The molecule has 5 rings (SSSR count). The van der Waals surface area contributed by atoms with E-state index in [1.54, 1.807) is 30.3 Å². The Balaban J connectivity index is 1.37. The van der Waals surface area contributed by atoms with Gasteiger partial charge in [-0.2, -0.15) is 5.10 Å². The number of amides is 1. The molecule has 0 radical (unpaired) electrons. The zero-order valence-electron chi connectivity index (χ0n) is 20.8. The van der Waals surface area contributed by atoms with E-state index in [2.05, 4.69) is 32.4 Å². The summed E-state index contributed by atoms with van der Waals surface area (Å²) >= 11 is 0. The number of hydrogen-bond donors (Lipinski definition) is 2. The predicted molar refractivity (Wildman–Crippen MR) is 139 cm³/mol. The van der Waals surface area contributed by atoms with E-state index < -0.39 is 11.6 Å². The molecule has 1 amide bonds. The number of carbonyl (C=O) groups excluding carboxylic acids is 1. The van der Waals surface area contributed by atoms with E-state index in [0.717, 1.165) is 37.9 Å². The SMILES string of the molecule is COc1cc(OC)c(F)c(-c2ccc3c(NC(=O)c4ccc(N5CCN(C)CC5)cc4)n[nH]c3c2)c1F. The van der Waals surface area contributed by atoms with Gasteiger partial charge in [-0.15, -0.1) is 0 Å². The minimum absolute atomic E-state index is 0.135. The minimum Gasteiger partial charge on any atom is -0.494 e. The molecule has 1 saturated heterocycles. The van der Waals surface area contributed by atoms with Gasteiger partial charge in [0.25, 0.3) is 5.91 Å². The molecule has 3 aromatic carbocycles. The Morgan fingerprint density at radius 1 is 0.946 bits per heavy atom. The molecule has 2 heterocycles. The van der Waals surface area contributed by atoms with Crippen LogP contribution < -0.4 is 19.7 Å². The summed E-state index contributed by atoms with van der Waals surface area (Å²) in [7, 11) is 4.70. The molecule has 1 aromatic heterocycles. The summed E-state index contributed by atoms with van der Waals surface area (Å²) in [6, 6.07) is 13.4. The number of hydrogen-bond acceptors (Lipinski definition) is 6. The Labute approximate surface area is 212 Å². The fraction of sp³-hybridized carbons (Fsp3) is 0.259. The van der Waals surface area contributed by atoms with E-state index in [-0.39, 0.29) is 28.5 Å². The molecule has 0 saturated carbocycles. The molecule has 0 unspecified atom stereocenters. The predicted octanol–water partition coefficient (Wildman–Crippen LogP) is 4.53. The molecule has 0 bridgehead atoms. The van der Waals surface area contributed by atoms with E-state index >= 15 is 0 Å². The summed E-state index contributed by atoms with van der Waals surface area (Å²) in [6.45, 7) is 3.89. The van der Waals surface area contributed by atoms with Crippen LogP contribution >= 0.6 is 0 Å². The number of benzene rings is 3. The van der Waals surface area contributed by atoms with Crippen molar-refractivity contribution in [2.45, 2.75) is 0 Å². The van der Waals surface area contributed by atoms with Gasteiger partial charge in [-0.1, -0.05) is 6.07 Å². The second-order valence-corrected chi connectivity index (χ2v) is 8.91. The monoisotopic (exact) mass is 507 g/mol. The lowest BCUT2D eigenvalue weighted by molar-refractivity contribution is 0.102. The highest BCUT2D eigenvalue weighted by Gasteiger charge is 2.22. The van der Waals surface area contributed by atoms with Crippen molar-refractivity contribution >= 4 is 28.3 Å². The van der Waals surface area contributed by atoms with Crippen LogP contribution in [-0.4, -0.2) is 68.5 Å². The van der Waals surface area contributed by atoms with Crippen LogP contribution in [-0.2, 0) is 0 Å². The Kier molecular flexibility index (Phi) is 6.66. The number of fused-ring (bicyclic) bond motifs is 1. The molecule has 1 aliphatic rings. The third-order valence-electron chi connectivity index (χ3n) is 6.66. The molecule has 10 heteroatoms. The number of likely N-dealkylation sites (N-methyl/N-ethyl adjacent to an activating group) is 1. The average molecular weight is 508 g/mol. The zero-order valence-corrected chi connectivity index (χ0v) is 20.8. The average Bonchev–Trinajstić information content (AvgIpc) is 3.31. The number of nitrogens with one attached hydrogen (secondary N) is 2. The fourth-order valence-electron chi connectivity index (χ4n) is 4.48. The number of halogens is 2. The molecule has 0 spiro atoms. The standard InChI is InChI=1S/C27H27F2N5O3/c1-33-10-12-34(13-11-33)18-7-4-16(5-8-18)27(35)30-26-19-9-6-17(14-20(19)31-32-26)23-24(28)21(36-2)15-22(37-3)25(23)29/h4-9,14-15H,10-13H2,1-3H3,(H2,30,31,32,35). The first kappa shape index (κ1) is 24.5. The third-order valence-corrected chi connectivity index (χ3v) is 6.66. The van der Waals surface area contributed by atoms with E-state index in [0.29, 0.717) is 22.3 Å². The van der Waals surface area contributed by atoms with Gasteiger partial charge in [-0.3, -0.25) is 9.89 Å². The summed E-state index contributed by atoms with van der Waals surface area (Å²) in [4.78, 5) is 17.5. The van der Waals surface area contributed by atoms with Gasteiger partial charge < -0.3 is 24.6 Å². The molecule has 2 N–H and O–H groups in total. The fourth-order valence-corrected chi connectivity index (χ4v) is 4.48.